The predicted octanol–water partition coefficient (Wildman–Crippen LogP) is 5.18. The Labute approximate surface area is 210 Å². The molecule has 1 amide bonds. The number of pyridine rings is 1. The van der Waals surface area contributed by atoms with Gasteiger partial charge in [0.05, 0.1) is 17.3 Å². The molecule has 5 rings (SSSR count). The zero-order valence-corrected chi connectivity index (χ0v) is 20.7. The fourth-order valence-electron chi connectivity index (χ4n) is 4.96. The Balaban J connectivity index is 1.64. The number of likely N-dealkylation sites (tertiary alicyclic amines) is 1. The van der Waals surface area contributed by atoms with Gasteiger partial charge in [-0.2, -0.15) is 0 Å². The molecule has 1 unspecified atom stereocenters. The van der Waals surface area contributed by atoms with E-state index in [0.29, 0.717) is 30.0 Å². The average Bonchev–Trinajstić information content (AvgIpc) is 3.37. The highest BCUT2D eigenvalue weighted by Crippen LogP contribution is 2.40. The first-order chi connectivity index (χ1) is 17.4. The molecule has 6 nitrogen and oxygen atoms in total. The lowest BCUT2D eigenvalue weighted by molar-refractivity contribution is -0.139. The summed E-state index contributed by atoms with van der Waals surface area (Å²) >= 11 is 0. The maximum atomic E-state index is 13.4. The number of rotatable bonds is 6. The summed E-state index contributed by atoms with van der Waals surface area (Å²) in [7, 11) is 0. The van der Waals surface area contributed by atoms with Crippen LogP contribution in [0, 0.1) is 13.8 Å². The van der Waals surface area contributed by atoms with Gasteiger partial charge in [-0.3, -0.25) is 9.59 Å². The Kier molecular flexibility index (Phi) is 6.18. The molecule has 0 bridgehead atoms. The lowest BCUT2D eigenvalue weighted by atomic mass is 9.95. The minimum absolute atomic E-state index is 0.0847. The number of aliphatic hydroxyl groups excluding tert-OH is 1. The van der Waals surface area contributed by atoms with Crippen LogP contribution in [-0.2, 0) is 22.4 Å². The third-order valence-corrected chi connectivity index (χ3v) is 7.04. The van der Waals surface area contributed by atoms with E-state index in [0.717, 1.165) is 28.7 Å². The molecule has 0 radical (unpaired) electrons. The van der Waals surface area contributed by atoms with Crippen molar-refractivity contribution in [2.45, 2.75) is 39.7 Å². The van der Waals surface area contributed by atoms with Crippen molar-refractivity contribution < 1.29 is 14.7 Å². The number of aliphatic hydroxyl groups is 1. The highest BCUT2D eigenvalue weighted by atomic mass is 16.3. The highest BCUT2D eigenvalue weighted by Gasteiger charge is 2.46. The van der Waals surface area contributed by atoms with Crippen LogP contribution in [0.5, 0.6) is 0 Å². The molecule has 1 saturated heterocycles. The number of benzene rings is 2. The zero-order valence-electron chi connectivity index (χ0n) is 20.7. The fraction of sp³-hybridized carbons (Fsp3) is 0.233. The smallest absolute Gasteiger partial charge is 0.295 e. The first-order valence-electron chi connectivity index (χ1n) is 12.3. The standard InChI is InChI=1S/C30H29N3O3/c1-4-21-12-14-23(15-13-21)26-24(27(34)25-20(3)32-17-8-9-19(2)29(32)31-25)28(35)30(36)33(26)18-16-22-10-6-5-7-11-22/h5-15,17,26,34H,4,16,18H2,1-3H3/b27-24+. The Morgan fingerprint density at radius 1 is 0.944 bits per heavy atom. The molecule has 4 aromatic rings. The highest BCUT2D eigenvalue weighted by molar-refractivity contribution is 6.46. The molecule has 0 spiro atoms. The van der Waals surface area contributed by atoms with E-state index >= 15 is 0 Å². The molecule has 2 aromatic carbocycles. The number of aryl methyl sites for hydroxylation is 3. The molecule has 1 fully saturated rings. The number of ketones is 1. The van der Waals surface area contributed by atoms with Gasteiger partial charge in [0.1, 0.15) is 11.3 Å². The number of carbonyl (C=O) groups excluding carboxylic acids is 2. The van der Waals surface area contributed by atoms with Gasteiger partial charge in [0.25, 0.3) is 11.7 Å². The fourth-order valence-corrected chi connectivity index (χ4v) is 4.96. The summed E-state index contributed by atoms with van der Waals surface area (Å²) in [6.07, 6.45) is 3.36. The summed E-state index contributed by atoms with van der Waals surface area (Å²) in [6.45, 7) is 6.23. The maximum absolute atomic E-state index is 13.4. The van der Waals surface area contributed by atoms with Crippen LogP contribution in [0.3, 0.4) is 0 Å². The van der Waals surface area contributed by atoms with Gasteiger partial charge in [0, 0.05) is 12.7 Å². The van der Waals surface area contributed by atoms with Gasteiger partial charge in [-0.15, -0.1) is 0 Å². The van der Waals surface area contributed by atoms with Gasteiger partial charge in [-0.1, -0.05) is 67.6 Å². The normalized spacial score (nSPS) is 17.3. The molecule has 3 heterocycles. The number of aromatic nitrogens is 2. The second-order valence-corrected chi connectivity index (χ2v) is 9.25. The number of hydrogen-bond acceptors (Lipinski definition) is 4. The number of hydrogen-bond donors (Lipinski definition) is 1. The predicted molar refractivity (Wildman–Crippen MR) is 140 cm³/mol. The van der Waals surface area contributed by atoms with Crippen LogP contribution in [0.15, 0.2) is 78.5 Å². The number of nitrogens with zero attached hydrogens (tertiary/aromatic N) is 3. The largest absolute Gasteiger partial charge is 0.505 e. The number of amides is 1. The molecule has 1 N–H and O–H groups in total. The van der Waals surface area contributed by atoms with Crippen molar-refractivity contribution in [3.05, 3.63) is 112 Å². The van der Waals surface area contributed by atoms with Gasteiger partial charge in [0.15, 0.2) is 5.76 Å². The van der Waals surface area contributed by atoms with Crippen molar-refractivity contribution in [3.8, 4) is 0 Å². The van der Waals surface area contributed by atoms with E-state index in [2.05, 4.69) is 11.9 Å². The summed E-state index contributed by atoms with van der Waals surface area (Å²) in [5.74, 6) is -1.52. The lowest BCUT2D eigenvalue weighted by Crippen LogP contribution is -2.31. The molecule has 1 atom stereocenters. The van der Waals surface area contributed by atoms with Crippen LogP contribution in [0.1, 0.15) is 46.6 Å². The van der Waals surface area contributed by atoms with E-state index in [1.165, 1.54) is 0 Å². The van der Waals surface area contributed by atoms with Gasteiger partial charge in [-0.05, 0) is 55.0 Å². The maximum Gasteiger partial charge on any atom is 0.295 e. The van der Waals surface area contributed by atoms with E-state index in [1.54, 1.807) is 4.90 Å². The Morgan fingerprint density at radius 3 is 2.33 bits per heavy atom. The molecule has 2 aromatic heterocycles. The summed E-state index contributed by atoms with van der Waals surface area (Å²) < 4.78 is 1.89. The summed E-state index contributed by atoms with van der Waals surface area (Å²) in [5.41, 5.74) is 5.80. The SMILES string of the molecule is CCc1ccc(C2/C(=C(\O)c3nc4c(C)cccn4c3C)C(=O)C(=O)N2CCc2ccccc2)cc1. The van der Waals surface area contributed by atoms with Gasteiger partial charge >= 0.3 is 0 Å². The Morgan fingerprint density at radius 2 is 1.67 bits per heavy atom. The van der Waals surface area contributed by atoms with Crippen molar-refractivity contribution in [2.75, 3.05) is 6.54 Å². The van der Waals surface area contributed by atoms with Crippen molar-refractivity contribution in [1.29, 1.82) is 0 Å². The van der Waals surface area contributed by atoms with E-state index in [1.807, 2.05) is 91.2 Å². The molecule has 0 aliphatic carbocycles. The van der Waals surface area contributed by atoms with Crippen molar-refractivity contribution in [3.63, 3.8) is 0 Å². The quantitative estimate of drug-likeness (QED) is 0.235. The number of Topliss-reactive ketones (excluding diaryl/α,β-unsaturated/α-hetero) is 1. The summed E-state index contributed by atoms with van der Waals surface area (Å²) in [6, 6.07) is 20.9. The minimum Gasteiger partial charge on any atom is -0.505 e. The topological polar surface area (TPSA) is 74.9 Å². The van der Waals surface area contributed by atoms with E-state index in [9.17, 15) is 14.7 Å². The van der Waals surface area contributed by atoms with Crippen molar-refractivity contribution in [1.82, 2.24) is 14.3 Å². The molecular weight excluding hydrogens is 450 g/mol. The van der Waals surface area contributed by atoms with E-state index in [4.69, 9.17) is 0 Å². The van der Waals surface area contributed by atoms with Crippen molar-refractivity contribution >= 4 is 23.1 Å². The Hall–Kier alpha value is -4.19. The van der Waals surface area contributed by atoms with Gasteiger partial charge in [-0.25, -0.2) is 4.98 Å². The first-order valence-corrected chi connectivity index (χ1v) is 12.3. The molecule has 182 valence electrons. The van der Waals surface area contributed by atoms with Gasteiger partial charge < -0.3 is 14.4 Å². The molecule has 1 aliphatic rings. The lowest BCUT2D eigenvalue weighted by Gasteiger charge is -2.25. The zero-order chi connectivity index (χ0) is 25.4. The number of imidazole rings is 1. The second-order valence-electron chi connectivity index (χ2n) is 9.25. The minimum atomic E-state index is -0.690. The average molecular weight is 480 g/mol. The van der Waals surface area contributed by atoms with Gasteiger partial charge in [0.2, 0.25) is 0 Å². The molecular formula is C30H29N3O3. The first kappa shape index (κ1) is 23.5. The molecule has 1 aliphatic heterocycles. The summed E-state index contributed by atoms with van der Waals surface area (Å²) in [5, 5.41) is 11.5. The van der Waals surface area contributed by atoms with Crippen LogP contribution in [0.4, 0.5) is 0 Å². The third kappa shape index (κ3) is 3.98. The monoisotopic (exact) mass is 479 g/mol. The molecule has 0 saturated carbocycles. The van der Waals surface area contributed by atoms with Crippen LogP contribution < -0.4 is 0 Å². The summed E-state index contributed by atoms with van der Waals surface area (Å²) in [4.78, 5) is 32.9. The molecule has 36 heavy (non-hydrogen) atoms. The van der Waals surface area contributed by atoms with Crippen LogP contribution in [-0.4, -0.2) is 37.6 Å². The third-order valence-electron chi connectivity index (χ3n) is 7.04. The number of carbonyl (C=O) groups is 2. The van der Waals surface area contributed by atoms with E-state index < -0.39 is 17.7 Å². The van der Waals surface area contributed by atoms with E-state index in [-0.39, 0.29) is 11.3 Å². The Bertz CT molecular complexity index is 1480. The van der Waals surface area contributed by atoms with Crippen LogP contribution in [0.25, 0.3) is 11.4 Å². The van der Waals surface area contributed by atoms with Crippen molar-refractivity contribution in [2.24, 2.45) is 0 Å². The second kappa shape index (κ2) is 9.46. The van der Waals surface area contributed by atoms with Crippen LogP contribution in [0.2, 0.25) is 0 Å². The number of fused-ring (bicyclic) bond motifs is 1. The van der Waals surface area contributed by atoms with Crippen LogP contribution >= 0.6 is 0 Å². The molecule has 6 heteroatoms.